The lowest BCUT2D eigenvalue weighted by Crippen LogP contribution is -1.85. The lowest BCUT2D eigenvalue weighted by atomic mass is 11.9. The summed E-state index contributed by atoms with van der Waals surface area (Å²) in [5.74, 6) is 0. The fraction of sp³-hybridized carbons (Fsp3) is 0. The van der Waals surface area contributed by atoms with Crippen molar-refractivity contribution in [3.63, 3.8) is 0 Å². The lowest BCUT2D eigenvalue weighted by molar-refractivity contribution is 3.81. The van der Waals surface area contributed by atoms with E-state index in [2.05, 4.69) is 36.0 Å². The Hall–Kier alpha value is 1.08. The van der Waals surface area contributed by atoms with E-state index in [9.17, 15) is 0 Å². The first kappa shape index (κ1) is 6.08. The average Bonchev–Trinajstić information content (AvgIpc) is 1.38. The van der Waals surface area contributed by atoms with E-state index in [0.717, 1.165) is 11.4 Å². The summed E-state index contributed by atoms with van der Waals surface area (Å²) < 4.78 is 1.00. The topological polar surface area (TPSA) is 0 Å². The highest BCUT2D eigenvalue weighted by Gasteiger charge is 1.65. The highest BCUT2D eigenvalue weighted by atomic mass is 79.9. The third-order valence-corrected chi connectivity index (χ3v) is 3.95. The normalized spacial score (nSPS) is 8.60. The summed E-state index contributed by atoms with van der Waals surface area (Å²) in [7, 11) is 6.37. The van der Waals surface area contributed by atoms with Gasteiger partial charge in [0, 0.05) is 0 Å². The largest absolute Gasteiger partial charge is 0.0724 e. The SMILES string of the molecule is [Si]C([Si])=PBr. The molecule has 0 aliphatic carbocycles. The molecule has 0 saturated heterocycles. The van der Waals surface area contributed by atoms with E-state index in [-0.39, 0.29) is 0 Å². The molecule has 0 unspecified atom stereocenters. The van der Waals surface area contributed by atoms with E-state index in [0.29, 0.717) is 0 Å². The quantitative estimate of drug-likeness (QED) is 0.378. The van der Waals surface area contributed by atoms with Crippen LogP contribution in [0, 0.1) is 0 Å². The Morgan fingerprint density at radius 1 is 1.60 bits per heavy atom. The Labute approximate surface area is 47.7 Å². The van der Waals surface area contributed by atoms with Crippen molar-refractivity contribution in [3.05, 3.63) is 0 Å². The minimum Gasteiger partial charge on any atom is -0.0724 e. The zero-order chi connectivity index (χ0) is 4.28. The number of halogens is 1. The standard InChI is InChI=1S/CBrPSi2/c2-3-1(4)5. The molecule has 0 rings (SSSR count). The summed E-state index contributed by atoms with van der Waals surface area (Å²) >= 11 is 3.15. The molecule has 0 nitrogen and oxygen atoms in total. The first-order valence-electron chi connectivity index (χ1n) is 0.893. The Morgan fingerprint density at radius 2 is 1.80 bits per heavy atom. The fourth-order valence-corrected chi connectivity index (χ4v) is 0. The number of rotatable bonds is 0. The van der Waals surface area contributed by atoms with E-state index < -0.39 is 0 Å². The van der Waals surface area contributed by atoms with E-state index >= 15 is 0 Å². The maximum absolute atomic E-state index is 3.19. The Balaban J connectivity index is 3.14. The van der Waals surface area contributed by atoms with E-state index in [1.807, 2.05) is 0 Å². The molecule has 0 heterocycles. The van der Waals surface area contributed by atoms with Crippen molar-refractivity contribution in [2.75, 3.05) is 0 Å². The molecule has 0 amide bonds. The summed E-state index contributed by atoms with van der Waals surface area (Å²) in [4.78, 5) is 0. The molecule has 0 bridgehead atoms. The predicted octanol–water partition coefficient (Wildman–Crippen LogP) is 0.667. The van der Waals surface area contributed by atoms with Crippen molar-refractivity contribution in [2.45, 2.75) is 0 Å². The van der Waals surface area contributed by atoms with Gasteiger partial charge in [0.25, 0.3) is 0 Å². The molecule has 0 aliphatic heterocycles. The van der Waals surface area contributed by atoms with Crippen molar-refractivity contribution in [1.82, 2.24) is 0 Å². The second kappa shape index (κ2) is 3.28. The van der Waals surface area contributed by atoms with Gasteiger partial charge in [-0.25, -0.2) is 0 Å². The van der Waals surface area contributed by atoms with E-state index in [4.69, 9.17) is 0 Å². The molecule has 0 aromatic carbocycles. The second-order valence-corrected chi connectivity index (χ2v) is 4.45. The van der Waals surface area contributed by atoms with Gasteiger partial charge < -0.3 is 0 Å². The Morgan fingerprint density at radius 3 is 1.80 bits per heavy atom. The maximum atomic E-state index is 3.19. The van der Waals surface area contributed by atoms with Crippen LogP contribution in [0.1, 0.15) is 0 Å². The molecule has 0 N–H and O–H groups in total. The molecule has 0 aromatic rings. The first-order chi connectivity index (χ1) is 2.27. The smallest absolute Gasteiger partial charge is 0.0654 e. The molecule has 0 aliphatic rings. The summed E-state index contributed by atoms with van der Waals surface area (Å²) in [5.41, 5.74) is 0. The molecule has 5 heavy (non-hydrogen) atoms. The van der Waals surface area contributed by atoms with Gasteiger partial charge in [-0.15, -0.1) is 0 Å². The third-order valence-electron chi connectivity index (χ3n) is 0.0845. The molecule has 0 aromatic heterocycles. The van der Waals surface area contributed by atoms with Crippen LogP contribution in [-0.2, 0) is 0 Å². The van der Waals surface area contributed by atoms with Crippen LogP contribution in [0.15, 0.2) is 0 Å². The van der Waals surface area contributed by atoms with E-state index in [1.165, 1.54) is 0 Å². The van der Waals surface area contributed by atoms with Gasteiger partial charge in [-0.1, -0.05) is 4.54 Å². The predicted molar refractivity (Wildman–Crippen MR) is 32.4 cm³/mol. The highest BCUT2D eigenvalue weighted by molar-refractivity contribution is 9.36. The van der Waals surface area contributed by atoms with Crippen LogP contribution in [0.4, 0.5) is 0 Å². The number of hydrogen-bond donors (Lipinski definition) is 0. The van der Waals surface area contributed by atoms with E-state index in [1.54, 1.807) is 0 Å². The molecule has 0 saturated carbocycles. The van der Waals surface area contributed by atoms with Crippen molar-refractivity contribution in [3.8, 4) is 0 Å². The van der Waals surface area contributed by atoms with Crippen molar-refractivity contribution < 1.29 is 0 Å². The zero-order valence-corrected chi connectivity index (χ0v) is 6.81. The van der Waals surface area contributed by atoms with Crippen LogP contribution in [0.3, 0.4) is 0 Å². The van der Waals surface area contributed by atoms with Gasteiger partial charge in [0.2, 0.25) is 0 Å². The minimum absolute atomic E-state index is 1.00. The molecule has 0 fully saturated rings. The number of hydrogen-bond acceptors (Lipinski definition) is 0. The van der Waals surface area contributed by atoms with Gasteiger partial charge in [-0.2, -0.15) is 0 Å². The lowest BCUT2D eigenvalue weighted by Gasteiger charge is -1.69. The van der Waals surface area contributed by atoms with Crippen LogP contribution in [0.25, 0.3) is 0 Å². The minimum atomic E-state index is 1.00. The third kappa shape index (κ3) is 5.08. The van der Waals surface area contributed by atoms with Gasteiger partial charge in [-0.05, 0) is 22.4 Å². The summed E-state index contributed by atoms with van der Waals surface area (Å²) in [6.07, 6.45) is 0. The van der Waals surface area contributed by atoms with Gasteiger partial charge in [0.05, 0.1) is 20.5 Å². The van der Waals surface area contributed by atoms with Crippen LogP contribution < -0.4 is 0 Å². The van der Waals surface area contributed by atoms with Gasteiger partial charge >= 0.3 is 0 Å². The van der Waals surface area contributed by atoms with Gasteiger partial charge in [-0.3, -0.25) is 0 Å². The summed E-state index contributed by atoms with van der Waals surface area (Å²) in [6, 6.07) is 0. The summed E-state index contributed by atoms with van der Waals surface area (Å²) in [5, 5.41) is 0. The maximum Gasteiger partial charge on any atom is 0.0654 e. The van der Waals surface area contributed by atoms with Crippen LogP contribution in [0.2, 0.25) is 0 Å². The van der Waals surface area contributed by atoms with Crippen LogP contribution in [-0.4, -0.2) is 25.0 Å². The van der Waals surface area contributed by atoms with Gasteiger partial charge in [0.15, 0.2) is 0 Å². The molecular weight excluding hydrogens is 179 g/mol. The monoisotopic (exact) mass is 178 g/mol. The molecule has 24 valence electrons. The van der Waals surface area contributed by atoms with Crippen LogP contribution >= 0.6 is 22.4 Å². The van der Waals surface area contributed by atoms with Crippen LogP contribution in [0.5, 0.6) is 0 Å². The first-order valence-corrected chi connectivity index (χ1v) is 4.81. The van der Waals surface area contributed by atoms with Gasteiger partial charge in [0.1, 0.15) is 0 Å². The molecule has 6 radical (unpaired) electrons. The zero-order valence-electron chi connectivity index (χ0n) is 2.33. The Kier molecular flexibility index (Phi) is 3.99. The summed E-state index contributed by atoms with van der Waals surface area (Å²) in [6.45, 7) is 1.05. The molecule has 0 atom stereocenters. The fourth-order valence-electron chi connectivity index (χ4n) is 0. The molecule has 0 spiro atoms. The highest BCUT2D eigenvalue weighted by Crippen LogP contribution is 2.04. The second-order valence-electron chi connectivity index (χ2n) is 0.433. The van der Waals surface area contributed by atoms with Crippen molar-refractivity contribution in [2.24, 2.45) is 0 Å². The van der Waals surface area contributed by atoms with Crippen molar-refractivity contribution in [1.29, 1.82) is 0 Å². The van der Waals surface area contributed by atoms with Crippen molar-refractivity contribution >= 4 is 47.4 Å². The molecular formula is CBrPSi2. The molecule has 4 heteroatoms. The Bertz CT molecular complexity index is 47.6. The average molecular weight is 179 g/mol.